The monoisotopic (exact) mass is 293 g/mol. The van der Waals surface area contributed by atoms with E-state index in [2.05, 4.69) is 0 Å². The molecule has 0 heterocycles. The molecular weight excluding hydrogens is 273 g/mol. The first-order valence-electron chi connectivity index (χ1n) is 7.05. The van der Waals surface area contributed by atoms with E-state index < -0.39 is 23.6 Å². The van der Waals surface area contributed by atoms with E-state index in [1.807, 2.05) is 0 Å². The Hall–Kier alpha value is -1.91. The predicted octanol–water partition coefficient (Wildman–Crippen LogP) is 3.54. The van der Waals surface area contributed by atoms with E-state index in [0.29, 0.717) is 6.29 Å². The Balaban J connectivity index is 2.36. The van der Waals surface area contributed by atoms with E-state index in [0.717, 1.165) is 17.7 Å². The number of hydrogen-bond acceptors (Lipinski definition) is 3. The molecule has 0 spiro atoms. The van der Waals surface area contributed by atoms with Crippen LogP contribution in [0.15, 0.2) is 24.3 Å². The van der Waals surface area contributed by atoms with Gasteiger partial charge in [0.15, 0.2) is 0 Å². The molecule has 21 heavy (non-hydrogen) atoms. The molecule has 1 aromatic rings. The van der Waals surface area contributed by atoms with Crippen LogP contribution in [0.5, 0.6) is 0 Å². The van der Waals surface area contributed by atoms with Crippen LogP contribution in [0.25, 0.3) is 0 Å². The topological polar surface area (TPSA) is 46.6 Å². The van der Waals surface area contributed by atoms with Crippen LogP contribution in [0, 0.1) is 11.7 Å². The van der Waals surface area contributed by atoms with Gasteiger partial charge in [0, 0.05) is 0 Å². The number of carbonyl (C=O) groups excluding carboxylic acids is 2. The number of nitrogens with zero attached hydrogens (tertiary/aromatic N) is 1. The van der Waals surface area contributed by atoms with Gasteiger partial charge in [0.05, 0.1) is 11.7 Å². The first-order valence-corrected chi connectivity index (χ1v) is 7.05. The molecule has 4 nitrogen and oxygen atoms in total. The summed E-state index contributed by atoms with van der Waals surface area (Å²) >= 11 is 0. The van der Waals surface area contributed by atoms with E-state index >= 15 is 0 Å². The highest BCUT2D eigenvalue weighted by molar-refractivity contribution is 5.93. The van der Waals surface area contributed by atoms with Crippen molar-refractivity contribution in [3.8, 4) is 0 Å². The maximum atomic E-state index is 14.0. The van der Waals surface area contributed by atoms with Gasteiger partial charge in [0.25, 0.3) is 0 Å². The molecule has 0 bridgehead atoms. The molecule has 1 saturated carbocycles. The van der Waals surface area contributed by atoms with Gasteiger partial charge in [-0.2, -0.15) is 0 Å². The lowest BCUT2D eigenvalue weighted by atomic mass is 10.1. The largest absolute Gasteiger partial charge is 0.443 e. The van der Waals surface area contributed by atoms with Gasteiger partial charge < -0.3 is 9.53 Å². The number of para-hydroxylation sites is 1. The third kappa shape index (κ3) is 3.80. The second-order valence-electron chi connectivity index (χ2n) is 6.27. The molecule has 1 aromatic carbocycles. The van der Waals surface area contributed by atoms with Crippen molar-refractivity contribution in [2.24, 2.45) is 5.92 Å². The van der Waals surface area contributed by atoms with Gasteiger partial charge >= 0.3 is 6.09 Å². The quantitative estimate of drug-likeness (QED) is 0.798. The van der Waals surface area contributed by atoms with E-state index in [-0.39, 0.29) is 11.6 Å². The minimum Gasteiger partial charge on any atom is -0.443 e. The maximum Gasteiger partial charge on any atom is 0.415 e. The van der Waals surface area contributed by atoms with Gasteiger partial charge in [0.1, 0.15) is 17.7 Å². The van der Waals surface area contributed by atoms with Gasteiger partial charge in [-0.3, -0.25) is 4.90 Å². The maximum absolute atomic E-state index is 14.0. The number of ether oxygens (including phenoxy) is 1. The van der Waals surface area contributed by atoms with Crippen molar-refractivity contribution in [3.05, 3.63) is 30.1 Å². The summed E-state index contributed by atoms with van der Waals surface area (Å²) in [6, 6.07) is 5.24. The molecule has 1 aliphatic carbocycles. The minimum atomic E-state index is -0.711. The molecule has 1 aliphatic rings. The van der Waals surface area contributed by atoms with Crippen molar-refractivity contribution in [1.82, 2.24) is 0 Å². The molecule has 114 valence electrons. The lowest BCUT2D eigenvalue weighted by Gasteiger charge is -2.31. The third-order valence-corrected chi connectivity index (χ3v) is 3.24. The fraction of sp³-hybridized carbons (Fsp3) is 0.500. The zero-order valence-electron chi connectivity index (χ0n) is 12.5. The van der Waals surface area contributed by atoms with Crippen LogP contribution in [0.2, 0.25) is 0 Å². The average Bonchev–Trinajstić information content (AvgIpc) is 3.19. The van der Waals surface area contributed by atoms with E-state index in [9.17, 15) is 14.0 Å². The lowest BCUT2D eigenvalue weighted by molar-refractivity contribution is -0.109. The number of carbonyl (C=O) groups is 2. The SMILES string of the molecule is CC(C)(C)OC(=O)N(c1ccccc1F)C(C=O)C1CC1. The fourth-order valence-corrected chi connectivity index (χ4v) is 2.16. The van der Waals surface area contributed by atoms with Gasteiger partial charge in [-0.15, -0.1) is 0 Å². The van der Waals surface area contributed by atoms with Gasteiger partial charge in [-0.25, -0.2) is 9.18 Å². The van der Waals surface area contributed by atoms with Crippen LogP contribution in [0.1, 0.15) is 33.6 Å². The molecular formula is C16H20FNO3. The highest BCUT2D eigenvalue weighted by Gasteiger charge is 2.40. The summed E-state index contributed by atoms with van der Waals surface area (Å²) in [5.74, 6) is -0.467. The second-order valence-corrected chi connectivity index (χ2v) is 6.27. The Morgan fingerprint density at radius 2 is 2.00 bits per heavy atom. The molecule has 1 atom stereocenters. The van der Waals surface area contributed by atoms with Gasteiger partial charge in [0.2, 0.25) is 0 Å². The summed E-state index contributed by atoms with van der Waals surface area (Å²) in [6.07, 6.45) is 1.72. The summed E-state index contributed by atoms with van der Waals surface area (Å²) in [4.78, 5) is 25.0. The zero-order chi connectivity index (χ0) is 15.6. The summed E-state index contributed by atoms with van der Waals surface area (Å²) in [5.41, 5.74) is -0.631. The van der Waals surface area contributed by atoms with Crippen LogP contribution < -0.4 is 4.90 Å². The van der Waals surface area contributed by atoms with Crippen molar-refractivity contribution in [3.63, 3.8) is 0 Å². The predicted molar refractivity (Wildman–Crippen MR) is 77.7 cm³/mol. The zero-order valence-corrected chi connectivity index (χ0v) is 12.5. The van der Waals surface area contributed by atoms with Crippen molar-refractivity contribution in [1.29, 1.82) is 0 Å². The minimum absolute atomic E-state index is 0.0784. The van der Waals surface area contributed by atoms with Crippen LogP contribution in [-0.2, 0) is 9.53 Å². The molecule has 1 unspecified atom stereocenters. The standard InChI is InChI=1S/C16H20FNO3/c1-16(2,3)21-15(20)18(14(10-19)11-8-9-11)13-7-5-4-6-12(13)17/h4-7,10-11,14H,8-9H2,1-3H3. The molecule has 1 fully saturated rings. The Morgan fingerprint density at radius 1 is 1.38 bits per heavy atom. The van der Waals surface area contributed by atoms with Crippen LogP contribution in [-0.4, -0.2) is 24.0 Å². The second kappa shape index (κ2) is 5.84. The smallest absolute Gasteiger partial charge is 0.415 e. The fourth-order valence-electron chi connectivity index (χ4n) is 2.16. The molecule has 0 radical (unpaired) electrons. The number of hydrogen-bond donors (Lipinski definition) is 0. The number of amides is 1. The van der Waals surface area contributed by atoms with Crippen molar-refractivity contribution in [2.75, 3.05) is 4.90 Å². The highest BCUT2D eigenvalue weighted by atomic mass is 19.1. The van der Waals surface area contributed by atoms with Crippen molar-refractivity contribution < 1.29 is 18.7 Å². The average molecular weight is 293 g/mol. The Bertz CT molecular complexity index is 535. The Kier molecular flexibility index (Phi) is 4.30. The molecule has 5 heteroatoms. The number of rotatable bonds is 4. The summed E-state index contributed by atoms with van der Waals surface area (Å²) in [7, 11) is 0. The van der Waals surface area contributed by atoms with Gasteiger partial charge in [-0.05, 0) is 51.7 Å². The van der Waals surface area contributed by atoms with E-state index in [1.54, 1.807) is 32.9 Å². The highest BCUT2D eigenvalue weighted by Crippen LogP contribution is 2.37. The number of halogens is 1. The number of anilines is 1. The summed E-state index contributed by atoms with van der Waals surface area (Å²) < 4.78 is 19.4. The van der Waals surface area contributed by atoms with E-state index in [4.69, 9.17) is 4.74 Å². The van der Waals surface area contributed by atoms with Crippen LogP contribution in [0.3, 0.4) is 0 Å². The summed E-state index contributed by atoms with van der Waals surface area (Å²) in [5, 5.41) is 0. The molecule has 0 N–H and O–H groups in total. The molecule has 0 aromatic heterocycles. The van der Waals surface area contributed by atoms with Crippen molar-refractivity contribution in [2.45, 2.75) is 45.3 Å². The molecule has 0 saturated heterocycles. The third-order valence-electron chi connectivity index (χ3n) is 3.24. The normalized spacial score (nSPS) is 16.2. The van der Waals surface area contributed by atoms with Gasteiger partial charge in [-0.1, -0.05) is 12.1 Å². The molecule has 2 rings (SSSR count). The molecule has 1 amide bonds. The summed E-state index contributed by atoms with van der Waals surface area (Å²) in [6.45, 7) is 5.20. The first-order chi connectivity index (χ1) is 9.83. The lowest BCUT2D eigenvalue weighted by Crippen LogP contribution is -2.46. The van der Waals surface area contributed by atoms with Crippen molar-refractivity contribution >= 4 is 18.1 Å². The number of benzene rings is 1. The Labute approximate surface area is 123 Å². The van der Waals surface area contributed by atoms with Crippen LogP contribution >= 0.6 is 0 Å². The van der Waals surface area contributed by atoms with E-state index in [1.165, 1.54) is 12.1 Å². The van der Waals surface area contributed by atoms with Crippen LogP contribution in [0.4, 0.5) is 14.9 Å². The molecule has 0 aliphatic heterocycles. The number of aldehydes is 1. The Morgan fingerprint density at radius 3 is 2.48 bits per heavy atom. The first kappa shape index (κ1) is 15.5.